The van der Waals surface area contributed by atoms with Crippen molar-refractivity contribution in [2.24, 2.45) is 0 Å². The molecule has 8 heteroatoms. The molecule has 0 aliphatic rings. The number of aromatic nitrogens is 3. The fraction of sp³-hybridized carbons (Fsp3) is 0.500. The van der Waals surface area contributed by atoms with Gasteiger partial charge in [-0.05, 0) is 6.26 Å². The Labute approximate surface area is 121 Å². The van der Waals surface area contributed by atoms with Crippen molar-refractivity contribution in [2.45, 2.75) is 18.7 Å². The van der Waals surface area contributed by atoms with Gasteiger partial charge in [-0.2, -0.15) is 11.8 Å². The second-order valence-corrected chi connectivity index (χ2v) is 5.40. The topological polar surface area (TPSA) is 120 Å². The summed E-state index contributed by atoms with van der Waals surface area (Å²) in [6.07, 6.45) is 4.42. The lowest BCUT2D eigenvalue weighted by atomic mass is 10.2. The van der Waals surface area contributed by atoms with Crippen LogP contribution in [0.3, 0.4) is 0 Å². The summed E-state index contributed by atoms with van der Waals surface area (Å²) in [6.45, 7) is 0.264. The van der Waals surface area contributed by atoms with Crippen molar-refractivity contribution in [1.82, 2.24) is 20.3 Å². The third-order valence-electron chi connectivity index (χ3n) is 3.12. The molecule has 0 spiro atoms. The zero-order valence-corrected chi connectivity index (χ0v) is 12.0. The van der Waals surface area contributed by atoms with Gasteiger partial charge in [0.1, 0.15) is 11.8 Å². The molecule has 6 N–H and O–H groups in total. The number of nitrogens with two attached hydrogens (primary N) is 1. The van der Waals surface area contributed by atoms with Crippen LogP contribution < -0.4 is 11.1 Å². The number of thioether (sulfide) groups is 1. The Morgan fingerprint density at radius 3 is 3.00 bits per heavy atom. The van der Waals surface area contributed by atoms with Crippen molar-refractivity contribution in [3.8, 4) is 0 Å². The molecule has 0 bridgehead atoms. The highest BCUT2D eigenvalue weighted by Crippen LogP contribution is 2.19. The highest BCUT2D eigenvalue weighted by Gasteiger charge is 2.18. The number of fused-ring (bicyclic) bond motifs is 1. The van der Waals surface area contributed by atoms with Crippen LogP contribution in [0.5, 0.6) is 0 Å². The van der Waals surface area contributed by atoms with Crippen molar-refractivity contribution in [2.75, 3.05) is 24.3 Å². The van der Waals surface area contributed by atoms with E-state index in [1.54, 1.807) is 11.8 Å². The number of nitrogens with zero attached hydrogens (tertiary/aromatic N) is 2. The summed E-state index contributed by atoms with van der Waals surface area (Å²) in [5, 5.41) is 22.0. The Morgan fingerprint density at radius 2 is 2.30 bits per heavy atom. The van der Waals surface area contributed by atoms with E-state index in [0.717, 1.165) is 11.1 Å². The van der Waals surface area contributed by atoms with E-state index in [-0.39, 0.29) is 12.6 Å². The summed E-state index contributed by atoms with van der Waals surface area (Å²) in [5.74, 6) is 1.12. The lowest BCUT2D eigenvalue weighted by molar-refractivity contribution is 0.0689. The van der Waals surface area contributed by atoms with Crippen LogP contribution in [0, 0.1) is 0 Å². The molecule has 0 aliphatic heterocycles. The average Bonchev–Trinajstić information content (AvgIpc) is 2.87. The molecule has 0 fully saturated rings. The third kappa shape index (κ3) is 3.21. The fourth-order valence-electron chi connectivity index (χ4n) is 2.00. The van der Waals surface area contributed by atoms with Crippen molar-refractivity contribution in [3.05, 3.63) is 18.1 Å². The summed E-state index contributed by atoms with van der Waals surface area (Å²) in [6, 6.07) is -0.181. The maximum atomic E-state index is 9.76. The highest BCUT2D eigenvalue weighted by molar-refractivity contribution is 7.98. The van der Waals surface area contributed by atoms with Gasteiger partial charge in [-0.25, -0.2) is 9.97 Å². The van der Waals surface area contributed by atoms with E-state index in [9.17, 15) is 5.11 Å². The molecule has 2 unspecified atom stereocenters. The largest absolute Gasteiger partial charge is 0.394 e. The predicted octanol–water partition coefficient (Wildman–Crippen LogP) is -0.286. The van der Waals surface area contributed by atoms with E-state index >= 15 is 0 Å². The van der Waals surface area contributed by atoms with Crippen LogP contribution in [-0.4, -0.2) is 55.9 Å². The number of rotatable bonds is 7. The van der Waals surface area contributed by atoms with Gasteiger partial charge in [0.2, 0.25) is 0 Å². The number of anilines is 1. The number of nitrogens with one attached hydrogen (secondary N) is 2. The molecule has 110 valence electrons. The minimum Gasteiger partial charge on any atom is -0.394 e. The number of hydrogen-bond donors (Lipinski definition) is 5. The second kappa shape index (κ2) is 6.89. The van der Waals surface area contributed by atoms with Gasteiger partial charge in [0.05, 0.1) is 18.2 Å². The molecule has 2 aromatic rings. The number of aliphatic hydroxyl groups excluding tert-OH is 2. The van der Waals surface area contributed by atoms with Crippen LogP contribution >= 0.6 is 11.8 Å². The Morgan fingerprint density at radius 1 is 1.50 bits per heavy atom. The molecule has 2 rings (SSSR count). The Bertz CT molecular complexity index is 562. The van der Waals surface area contributed by atoms with E-state index in [1.165, 1.54) is 6.33 Å². The number of nitrogen functional groups attached to an aromatic ring is 1. The molecule has 0 radical (unpaired) electrons. The van der Waals surface area contributed by atoms with Gasteiger partial charge in [-0.3, -0.25) is 0 Å². The van der Waals surface area contributed by atoms with Gasteiger partial charge >= 0.3 is 0 Å². The summed E-state index contributed by atoms with van der Waals surface area (Å²) < 4.78 is 0. The van der Waals surface area contributed by atoms with Crippen molar-refractivity contribution < 1.29 is 10.2 Å². The molecular formula is C12H19N5O2S. The number of aliphatic hydroxyl groups is 2. The van der Waals surface area contributed by atoms with Gasteiger partial charge < -0.3 is 26.2 Å². The second-order valence-electron chi connectivity index (χ2n) is 4.49. The Kier molecular flexibility index (Phi) is 5.18. The molecular weight excluding hydrogens is 278 g/mol. The molecule has 2 aromatic heterocycles. The summed E-state index contributed by atoms with van der Waals surface area (Å²) in [7, 11) is 0. The minimum absolute atomic E-state index is 0.181. The van der Waals surface area contributed by atoms with E-state index in [0.29, 0.717) is 23.6 Å². The lowest BCUT2D eigenvalue weighted by Crippen LogP contribution is -2.43. The monoisotopic (exact) mass is 297 g/mol. The molecule has 20 heavy (non-hydrogen) atoms. The van der Waals surface area contributed by atoms with Gasteiger partial charge in [-0.1, -0.05) is 0 Å². The molecule has 2 heterocycles. The van der Waals surface area contributed by atoms with E-state index in [2.05, 4.69) is 20.3 Å². The van der Waals surface area contributed by atoms with Crippen LogP contribution in [0.2, 0.25) is 0 Å². The predicted molar refractivity (Wildman–Crippen MR) is 80.4 cm³/mol. The van der Waals surface area contributed by atoms with Crippen molar-refractivity contribution in [3.63, 3.8) is 0 Å². The van der Waals surface area contributed by atoms with Crippen LogP contribution in [0.4, 0.5) is 5.82 Å². The van der Waals surface area contributed by atoms with Crippen molar-refractivity contribution >= 4 is 28.6 Å². The normalized spacial score (nSPS) is 14.6. The summed E-state index contributed by atoms with van der Waals surface area (Å²) >= 11 is 1.61. The number of aromatic amines is 1. The Hall–Kier alpha value is -1.35. The quantitative estimate of drug-likeness (QED) is 0.476. The van der Waals surface area contributed by atoms with Crippen LogP contribution in [0.1, 0.15) is 5.56 Å². The van der Waals surface area contributed by atoms with Crippen LogP contribution in [-0.2, 0) is 6.54 Å². The number of H-pyrrole nitrogens is 1. The fourth-order valence-corrected chi connectivity index (χ4v) is 2.70. The Balaban J connectivity index is 2.10. The molecule has 0 amide bonds. The SMILES string of the molecule is CSCC(NCc1c[nH]c2c(N)ncnc12)C(O)CO. The molecule has 2 atom stereocenters. The first-order valence-electron chi connectivity index (χ1n) is 6.25. The summed E-state index contributed by atoms with van der Waals surface area (Å²) in [5.41, 5.74) is 8.20. The average molecular weight is 297 g/mol. The minimum atomic E-state index is -0.785. The molecule has 0 aliphatic carbocycles. The lowest BCUT2D eigenvalue weighted by Gasteiger charge is -2.21. The smallest absolute Gasteiger partial charge is 0.151 e. The maximum Gasteiger partial charge on any atom is 0.151 e. The first-order valence-corrected chi connectivity index (χ1v) is 7.64. The van der Waals surface area contributed by atoms with Gasteiger partial charge in [-0.15, -0.1) is 0 Å². The molecule has 0 saturated heterocycles. The van der Waals surface area contributed by atoms with Gasteiger partial charge in [0.25, 0.3) is 0 Å². The number of hydrogen-bond acceptors (Lipinski definition) is 7. The van der Waals surface area contributed by atoms with Gasteiger partial charge in [0, 0.05) is 30.1 Å². The zero-order valence-electron chi connectivity index (χ0n) is 11.2. The highest BCUT2D eigenvalue weighted by atomic mass is 32.2. The van der Waals surface area contributed by atoms with E-state index in [1.807, 2.05) is 12.5 Å². The molecule has 7 nitrogen and oxygen atoms in total. The molecule has 0 saturated carbocycles. The van der Waals surface area contributed by atoms with Gasteiger partial charge in [0.15, 0.2) is 5.82 Å². The molecule has 0 aromatic carbocycles. The summed E-state index contributed by atoms with van der Waals surface area (Å²) in [4.78, 5) is 11.2. The van der Waals surface area contributed by atoms with Crippen LogP contribution in [0.25, 0.3) is 11.0 Å². The van der Waals surface area contributed by atoms with Crippen molar-refractivity contribution in [1.29, 1.82) is 0 Å². The van der Waals surface area contributed by atoms with Crippen LogP contribution in [0.15, 0.2) is 12.5 Å². The first kappa shape index (κ1) is 15.0. The first-order chi connectivity index (χ1) is 9.67. The zero-order chi connectivity index (χ0) is 14.5. The third-order valence-corrected chi connectivity index (χ3v) is 3.82. The van der Waals surface area contributed by atoms with E-state index in [4.69, 9.17) is 10.8 Å². The van der Waals surface area contributed by atoms with E-state index < -0.39 is 6.10 Å². The maximum absolute atomic E-state index is 9.76. The standard InChI is InChI=1S/C12H19N5O2S/c1-20-5-8(9(19)4-18)14-2-7-3-15-11-10(7)16-6-17-12(11)13/h3,6,8-9,14-15,18-19H,2,4-5H2,1H3,(H2,13,16,17).